The van der Waals surface area contributed by atoms with Gasteiger partial charge in [0, 0.05) is 17.7 Å². The van der Waals surface area contributed by atoms with Gasteiger partial charge in [0.1, 0.15) is 6.54 Å². The summed E-state index contributed by atoms with van der Waals surface area (Å²) in [5.41, 5.74) is 2.76. The first-order valence-electron chi connectivity index (χ1n) is 8.56. The number of benzene rings is 2. The number of nitro groups is 1. The minimum absolute atomic E-state index is 0.112. The van der Waals surface area contributed by atoms with Crippen LogP contribution in [0.4, 0.5) is 5.69 Å². The summed E-state index contributed by atoms with van der Waals surface area (Å²) in [6, 6.07) is 12.5. The number of nitrogens with zero attached hydrogens (tertiary/aromatic N) is 2. The van der Waals surface area contributed by atoms with Gasteiger partial charge in [-0.25, -0.2) is 0 Å². The molecule has 0 atom stereocenters. The molecule has 1 aliphatic rings. The maximum atomic E-state index is 12.7. The van der Waals surface area contributed by atoms with E-state index in [4.69, 9.17) is 11.6 Å². The van der Waals surface area contributed by atoms with E-state index in [1.165, 1.54) is 34.2 Å². The number of non-ortho nitro benzene ring substituents is 1. The Labute approximate surface area is 157 Å². The van der Waals surface area contributed by atoms with Crippen LogP contribution in [-0.2, 0) is 6.54 Å². The molecule has 0 aliphatic carbocycles. The molecule has 2 aromatic rings. The number of carbonyl (C=O) groups excluding carboxylic acids is 1. The van der Waals surface area contributed by atoms with Gasteiger partial charge < -0.3 is 9.80 Å². The lowest BCUT2D eigenvalue weighted by Gasteiger charge is -2.32. The van der Waals surface area contributed by atoms with Crippen molar-refractivity contribution < 1.29 is 14.6 Å². The molecule has 2 aromatic carbocycles. The van der Waals surface area contributed by atoms with E-state index in [1.807, 2.05) is 0 Å². The number of hydrogen-bond acceptors (Lipinski definition) is 3. The standard InChI is InChI=1S/C19H20ClN3O3/c1-14-3-2-4-15(11-14)13-21-7-9-22(10-8-21)19(24)17-6-5-16(23(25)26)12-18(17)20/h2-6,11-12H,7-10,13H2,1H3/p+1. The summed E-state index contributed by atoms with van der Waals surface area (Å²) in [4.78, 5) is 26.2. The summed E-state index contributed by atoms with van der Waals surface area (Å²) >= 11 is 6.08. The zero-order chi connectivity index (χ0) is 18.7. The molecule has 0 spiro atoms. The average Bonchev–Trinajstić information content (AvgIpc) is 2.61. The molecule has 0 bridgehead atoms. The van der Waals surface area contributed by atoms with E-state index in [-0.39, 0.29) is 16.6 Å². The van der Waals surface area contributed by atoms with Crippen LogP contribution < -0.4 is 4.90 Å². The number of hydrogen-bond donors (Lipinski definition) is 1. The molecular formula is C19H21ClN3O3+. The third-order valence-corrected chi connectivity index (χ3v) is 5.00. The highest BCUT2D eigenvalue weighted by Crippen LogP contribution is 2.23. The molecule has 0 aromatic heterocycles. The fourth-order valence-electron chi connectivity index (χ4n) is 3.27. The van der Waals surface area contributed by atoms with E-state index >= 15 is 0 Å². The molecule has 136 valence electrons. The van der Waals surface area contributed by atoms with E-state index in [0.29, 0.717) is 18.7 Å². The van der Waals surface area contributed by atoms with Crippen molar-refractivity contribution in [3.05, 3.63) is 74.3 Å². The van der Waals surface area contributed by atoms with Crippen molar-refractivity contribution in [1.29, 1.82) is 0 Å². The van der Waals surface area contributed by atoms with Gasteiger partial charge in [0.05, 0.1) is 41.7 Å². The van der Waals surface area contributed by atoms with Gasteiger partial charge in [0.25, 0.3) is 11.6 Å². The third kappa shape index (κ3) is 4.20. The van der Waals surface area contributed by atoms with Crippen LogP contribution in [0, 0.1) is 17.0 Å². The summed E-state index contributed by atoms with van der Waals surface area (Å²) in [7, 11) is 0. The fraction of sp³-hybridized carbons (Fsp3) is 0.316. The Morgan fingerprint density at radius 3 is 2.58 bits per heavy atom. The molecule has 1 N–H and O–H groups in total. The molecule has 6 nitrogen and oxygen atoms in total. The van der Waals surface area contributed by atoms with Crippen LogP contribution in [0.3, 0.4) is 0 Å². The van der Waals surface area contributed by atoms with Crippen molar-refractivity contribution in [2.75, 3.05) is 26.2 Å². The van der Waals surface area contributed by atoms with Crippen molar-refractivity contribution in [3.8, 4) is 0 Å². The zero-order valence-electron chi connectivity index (χ0n) is 14.6. The van der Waals surface area contributed by atoms with E-state index in [9.17, 15) is 14.9 Å². The number of amides is 1. The van der Waals surface area contributed by atoms with E-state index in [0.717, 1.165) is 19.6 Å². The molecule has 1 amide bonds. The van der Waals surface area contributed by atoms with E-state index in [2.05, 4.69) is 31.2 Å². The summed E-state index contributed by atoms with van der Waals surface area (Å²) in [6.45, 7) is 6.06. The highest BCUT2D eigenvalue weighted by Gasteiger charge is 2.26. The molecule has 3 rings (SSSR count). The largest absolute Gasteiger partial charge is 0.328 e. The quantitative estimate of drug-likeness (QED) is 0.658. The molecule has 1 heterocycles. The Morgan fingerprint density at radius 2 is 1.96 bits per heavy atom. The smallest absolute Gasteiger partial charge is 0.270 e. The van der Waals surface area contributed by atoms with Crippen molar-refractivity contribution in [3.63, 3.8) is 0 Å². The first kappa shape index (κ1) is 18.4. The summed E-state index contributed by atoms with van der Waals surface area (Å²) < 4.78 is 0. The second-order valence-corrected chi connectivity index (χ2v) is 7.04. The number of rotatable bonds is 4. The van der Waals surface area contributed by atoms with E-state index < -0.39 is 4.92 Å². The maximum absolute atomic E-state index is 12.7. The SMILES string of the molecule is Cc1cccc(C[NH+]2CCN(C(=O)c3ccc([N+](=O)[O-])cc3Cl)CC2)c1. The predicted octanol–water partition coefficient (Wildman–Crippen LogP) is 2.10. The Hall–Kier alpha value is -2.44. The molecule has 7 heteroatoms. The number of nitrogens with one attached hydrogen (secondary N) is 1. The fourth-order valence-corrected chi connectivity index (χ4v) is 3.53. The van der Waals surface area contributed by atoms with Crippen LogP contribution >= 0.6 is 11.6 Å². The molecule has 0 saturated carbocycles. The summed E-state index contributed by atoms with van der Waals surface area (Å²) in [5.74, 6) is -0.167. The Kier molecular flexibility index (Phi) is 5.54. The maximum Gasteiger partial charge on any atom is 0.270 e. The number of piperazine rings is 1. The van der Waals surface area contributed by atoms with Crippen LogP contribution in [0.25, 0.3) is 0 Å². The zero-order valence-corrected chi connectivity index (χ0v) is 15.3. The Morgan fingerprint density at radius 1 is 1.23 bits per heavy atom. The lowest BCUT2D eigenvalue weighted by Crippen LogP contribution is -3.13. The first-order valence-corrected chi connectivity index (χ1v) is 8.94. The molecular weight excluding hydrogens is 354 g/mol. The molecule has 0 unspecified atom stereocenters. The minimum Gasteiger partial charge on any atom is -0.328 e. The molecule has 1 fully saturated rings. The van der Waals surface area contributed by atoms with Crippen LogP contribution in [0.1, 0.15) is 21.5 Å². The minimum atomic E-state index is -0.520. The Balaban J connectivity index is 1.61. The number of aryl methyl sites for hydroxylation is 1. The normalized spacial score (nSPS) is 15.1. The number of quaternary nitrogens is 1. The van der Waals surface area contributed by atoms with Crippen LogP contribution in [0.5, 0.6) is 0 Å². The molecule has 0 radical (unpaired) electrons. The van der Waals surface area contributed by atoms with Gasteiger partial charge in [0.2, 0.25) is 0 Å². The topological polar surface area (TPSA) is 67.9 Å². The number of carbonyl (C=O) groups is 1. The lowest BCUT2D eigenvalue weighted by atomic mass is 10.1. The van der Waals surface area contributed by atoms with Crippen LogP contribution in [-0.4, -0.2) is 41.9 Å². The predicted molar refractivity (Wildman–Crippen MR) is 99.6 cm³/mol. The van der Waals surface area contributed by atoms with Gasteiger partial charge in [0.15, 0.2) is 0 Å². The van der Waals surface area contributed by atoms with Gasteiger partial charge in [-0.1, -0.05) is 41.4 Å². The van der Waals surface area contributed by atoms with Gasteiger partial charge >= 0.3 is 0 Å². The second-order valence-electron chi connectivity index (χ2n) is 6.63. The van der Waals surface area contributed by atoms with Crippen molar-refractivity contribution >= 4 is 23.2 Å². The highest BCUT2D eigenvalue weighted by molar-refractivity contribution is 6.34. The molecule has 1 saturated heterocycles. The van der Waals surface area contributed by atoms with E-state index in [1.54, 1.807) is 4.90 Å². The van der Waals surface area contributed by atoms with Gasteiger partial charge in [-0.05, 0) is 13.0 Å². The van der Waals surface area contributed by atoms with Gasteiger partial charge in [-0.2, -0.15) is 0 Å². The average molecular weight is 375 g/mol. The number of halogens is 1. The molecule has 1 aliphatic heterocycles. The van der Waals surface area contributed by atoms with Gasteiger partial charge in [-0.3, -0.25) is 14.9 Å². The third-order valence-electron chi connectivity index (χ3n) is 4.69. The monoisotopic (exact) mass is 374 g/mol. The van der Waals surface area contributed by atoms with Crippen LogP contribution in [0.15, 0.2) is 42.5 Å². The van der Waals surface area contributed by atoms with Crippen molar-refractivity contribution in [1.82, 2.24) is 4.90 Å². The van der Waals surface area contributed by atoms with Crippen LogP contribution in [0.2, 0.25) is 5.02 Å². The Bertz CT molecular complexity index is 833. The van der Waals surface area contributed by atoms with Crippen molar-refractivity contribution in [2.24, 2.45) is 0 Å². The van der Waals surface area contributed by atoms with Crippen molar-refractivity contribution in [2.45, 2.75) is 13.5 Å². The summed E-state index contributed by atoms with van der Waals surface area (Å²) in [6.07, 6.45) is 0. The number of nitro benzene ring substituents is 1. The highest BCUT2D eigenvalue weighted by atomic mass is 35.5. The first-order chi connectivity index (χ1) is 12.4. The second kappa shape index (κ2) is 7.85. The summed E-state index contributed by atoms with van der Waals surface area (Å²) in [5, 5.41) is 10.9. The lowest BCUT2D eigenvalue weighted by molar-refractivity contribution is -0.917. The molecule has 26 heavy (non-hydrogen) atoms. The van der Waals surface area contributed by atoms with Gasteiger partial charge in [-0.15, -0.1) is 0 Å².